The van der Waals surface area contributed by atoms with Gasteiger partial charge in [-0.3, -0.25) is 4.79 Å². The molecule has 148 valence electrons. The van der Waals surface area contributed by atoms with E-state index < -0.39 is 22.7 Å². The van der Waals surface area contributed by atoms with Crippen LogP contribution in [0.3, 0.4) is 0 Å². The van der Waals surface area contributed by atoms with Crippen LogP contribution in [0.25, 0.3) is 0 Å². The summed E-state index contributed by atoms with van der Waals surface area (Å²) in [5.74, 6) is -0.622. The minimum atomic E-state index is -4.60. The molecular formula is C18H21ClF3N3O2. The number of halogens is 4. The minimum Gasteiger partial charge on any atom is -0.381 e. The zero-order chi connectivity index (χ0) is 20.3. The van der Waals surface area contributed by atoms with Crippen LogP contribution in [-0.4, -0.2) is 25.7 Å². The fourth-order valence-corrected chi connectivity index (χ4v) is 2.18. The third-order valence-electron chi connectivity index (χ3n) is 3.41. The Morgan fingerprint density at radius 2 is 2.04 bits per heavy atom. The largest absolute Gasteiger partial charge is 0.417 e. The topological polar surface area (TPSA) is 74.1 Å². The SMILES string of the molecule is CCCCOCCCNC(=O)/C(C#N)=C\Nc1ccc(Cl)c(C(F)(F)F)c1. The number of carbonyl (C=O) groups excluding carboxylic acids is 1. The molecule has 5 nitrogen and oxygen atoms in total. The molecule has 0 saturated carbocycles. The number of benzene rings is 1. The van der Waals surface area contributed by atoms with Gasteiger partial charge >= 0.3 is 6.18 Å². The summed E-state index contributed by atoms with van der Waals surface area (Å²) in [6, 6.07) is 4.91. The normalized spacial score (nSPS) is 11.8. The third-order valence-corrected chi connectivity index (χ3v) is 3.74. The maximum atomic E-state index is 12.8. The number of unbranched alkanes of at least 4 members (excludes halogenated alkanes) is 1. The van der Waals surface area contributed by atoms with Crippen molar-refractivity contribution in [1.82, 2.24) is 5.32 Å². The Kier molecular flexibility index (Phi) is 9.68. The molecule has 1 aromatic carbocycles. The molecule has 0 aliphatic rings. The van der Waals surface area contributed by atoms with Gasteiger partial charge in [-0.25, -0.2) is 0 Å². The van der Waals surface area contributed by atoms with E-state index in [9.17, 15) is 18.0 Å². The summed E-state index contributed by atoms with van der Waals surface area (Å²) in [4.78, 5) is 11.9. The number of nitrogens with zero attached hydrogens (tertiary/aromatic N) is 1. The van der Waals surface area contributed by atoms with E-state index in [0.717, 1.165) is 31.2 Å². The number of hydrogen-bond donors (Lipinski definition) is 2. The smallest absolute Gasteiger partial charge is 0.381 e. The fraction of sp³-hybridized carbons (Fsp3) is 0.444. The summed E-state index contributed by atoms with van der Waals surface area (Å²) in [7, 11) is 0. The minimum absolute atomic E-state index is 0.0524. The van der Waals surface area contributed by atoms with Gasteiger partial charge in [0.1, 0.15) is 11.6 Å². The molecule has 1 aromatic rings. The summed E-state index contributed by atoms with van der Waals surface area (Å²) in [6.07, 6.45) is -0.949. The zero-order valence-electron chi connectivity index (χ0n) is 14.8. The van der Waals surface area contributed by atoms with Crippen LogP contribution in [0.15, 0.2) is 30.0 Å². The first-order valence-corrected chi connectivity index (χ1v) is 8.77. The zero-order valence-corrected chi connectivity index (χ0v) is 15.6. The van der Waals surface area contributed by atoms with Crippen LogP contribution >= 0.6 is 11.6 Å². The molecule has 27 heavy (non-hydrogen) atoms. The molecule has 0 saturated heterocycles. The van der Waals surface area contributed by atoms with Crippen LogP contribution in [0.5, 0.6) is 0 Å². The van der Waals surface area contributed by atoms with Crippen molar-refractivity contribution in [3.8, 4) is 6.07 Å². The van der Waals surface area contributed by atoms with Crippen LogP contribution in [0.4, 0.5) is 18.9 Å². The Hall–Kier alpha value is -2.24. The molecule has 0 fully saturated rings. The lowest BCUT2D eigenvalue weighted by molar-refractivity contribution is -0.137. The van der Waals surface area contributed by atoms with Crippen LogP contribution in [0, 0.1) is 11.3 Å². The highest BCUT2D eigenvalue weighted by molar-refractivity contribution is 6.31. The first-order chi connectivity index (χ1) is 12.8. The summed E-state index contributed by atoms with van der Waals surface area (Å²) in [5, 5.41) is 13.7. The summed E-state index contributed by atoms with van der Waals surface area (Å²) in [6.45, 7) is 3.54. The average molecular weight is 404 g/mol. The Morgan fingerprint density at radius 1 is 1.33 bits per heavy atom. The van der Waals surface area contributed by atoms with Crippen molar-refractivity contribution in [2.24, 2.45) is 0 Å². The second-order valence-corrected chi connectivity index (χ2v) is 5.99. The van der Waals surface area contributed by atoms with E-state index in [1.165, 1.54) is 6.07 Å². The molecule has 0 aliphatic carbocycles. The van der Waals surface area contributed by atoms with Gasteiger partial charge in [0.05, 0.1) is 10.6 Å². The molecule has 1 rings (SSSR count). The van der Waals surface area contributed by atoms with Gasteiger partial charge in [-0.1, -0.05) is 24.9 Å². The number of hydrogen-bond acceptors (Lipinski definition) is 4. The van der Waals surface area contributed by atoms with Gasteiger partial charge in [0.25, 0.3) is 5.91 Å². The van der Waals surface area contributed by atoms with E-state index >= 15 is 0 Å². The number of ether oxygens (including phenoxy) is 1. The summed E-state index contributed by atoms with van der Waals surface area (Å²) < 4.78 is 43.9. The van der Waals surface area contributed by atoms with E-state index in [1.54, 1.807) is 6.07 Å². The Balaban J connectivity index is 2.58. The lowest BCUT2D eigenvalue weighted by Gasteiger charge is -2.11. The van der Waals surface area contributed by atoms with Gasteiger partial charge in [-0.05, 0) is 31.0 Å². The Labute approximate surface area is 161 Å². The number of amides is 1. The van der Waals surface area contributed by atoms with Crippen molar-refractivity contribution in [2.75, 3.05) is 25.1 Å². The van der Waals surface area contributed by atoms with Crippen LogP contribution in [0.1, 0.15) is 31.7 Å². The van der Waals surface area contributed by atoms with Gasteiger partial charge in [-0.2, -0.15) is 18.4 Å². The molecule has 0 spiro atoms. The molecule has 0 heterocycles. The summed E-state index contributed by atoms with van der Waals surface area (Å²) in [5.41, 5.74) is -1.21. The molecule has 0 unspecified atom stereocenters. The molecule has 0 radical (unpaired) electrons. The van der Waals surface area contributed by atoms with Crippen LogP contribution < -0.4 is 10.6 Å². The maximum Gasteiger partial charge on any atom is 0.417 e. The quantitative estimate of drug-likeness (QED) is 0.342. The van der Waals surface area contributed by atoms with Gasteiger partial charge < -0.3 is 15.4 Å². The lowest BCUT2D eigenvalue weighted by Crippen LogP contribution is -2.26. The highest BCUT2D eigenvalue weighted by Crippen LogP contribution is 2.36. The molecule has 2 N–H and O–H groups in total. The fourth-order valence-electron chi connectivity index (χ4n) is 1.96. The van der Waals surface area contributed by atoms with Gasteiger partial charge in [0, 0.05) is 31.6 Å². The number of nitrogens with one attached hydrogen (secondary N) is 2. The first-order valence-electron chi connectivity index (χ1n) is 8.39. The van der Waals surface area contributed by atoms with Crippen molar-refractivity contribution in [1.29, 1.82) is 5.26 Å². The second-order valence-electron chi connectivity index (χ2n) is 5.58. The van der Waals surface area contributed by atoms with Gasteiger partial charge in [0.2, 0.25) is 0 Å². The van der Waals surface area contributed by atoms with Crippen LogP contribution in [-0.2, 0) is 15.7 Å². The molecule has 0 bridgehead atoms. The number of nitriles is 1. The number of carbonyl (C=O) groups is 1. The molecular weight excluding hydrogens is 383 g/mol. The van der Waals surface area contributed by atoms with Crippen LogP contribution in [0.2, 0.25) is 5.02 Å². The van der Waals surface area contributed by atoms with E-state index in [-0.39, 0.29) is 11.3 Å². The maximum absolute atomic E-state index is 12.8. The van der Waals surface area contributed by atoms with E-state index in [0.29, 0.717) is 26.2 Å². The molecule has 0 aromatic heterocycles. The van der Waals surface area contributed by atoms with Crippen molar-refractivity contribution in [2.45, 2.75) is 32.4 Å². The molecule has 9 heteroatoms. The molecule has 1 amide bonds. The number of rotatable bonds is 10. The molecule has 0 aliphatic heterocycles. The second kappa shape index (κ2) is 11.5. The highest BCUT2D eigenvalue weighted by Gasteiger charge is 2.33. The number of alkyl halides is 3. The van der Waals surface area contributed by atoms with Crippen molar-refractivity contribution < 1.29 is 22.7 Å². The Morgan fingerprint density at radius 3 is 2.67 bits per heavy atom. The standard InChI is InChI=1S/C18H21ClF3N3O2/c1-2-3-8-27-9-4-7-24-17(26)13(11-23)12-25-14-5-6-16(19)15(10-14)18(20,21)22/h5-6,10,12,25H,2-4,7-9H2,1H3,(H,24,26)/b13-12-. The van der Waals surface area contributed by atoms with E-state index in [2.05, 4.69) is 17.6 Å². The monoisotopic (exact) mass is 403 g/mol. The highest BCUT2D eigenvalue weighted by atomic mass is 35.5. The predicted octanol–water partition coefficient (Wildman–Crippen LogP) is 4.50. The average Bonchev–Trinajstić information content (AvgIpc) is 2.61. The first kappa shape index (κ1) is 22.8. The summed E-state index contributed by atoms with van der Waals surface area (Å²) >= 11 is 5.54. The Bertz CT molecular complexity index is 700. The van der Waals surface area contributed by atoms with Gasteiger partial charge in [-0.15, -0.1) is 0 Å². The van der Waals surface area contributed by atoms with E-state index in [4.69, 9.17) is 21.6 Å². The van der Waals surface area contributed by atoms with E-state index in [1.807, 2.05) is 0 Å². The van der Waals surface area contributed by atoms with Gasteiger partial charge in [0.15, 0.2) is 0 Å². The van der Waals surface area contributed by atoms with Crippen molar-refractivity contribution >= 4 is 23.2 Å². The molecule has 0 atom stereocenters. The van der Waals surface area contributed by atoms with Crippen molar-refractivity contribution in [3.05, 3.63) is 40.6 Å². The third kappa shape index (κ3) is 8.33. The van der Waals surface area contributed by atoms with Crippen molar-refractivity contribution in [3.63, 3.8) is 0 Å². The number of anilines is 1. The predicted molar refractivity (Wildman–Crippen MR) is 97.1 cm³/mol. The lowest BCUT2D eigenvalue weighted by atomic mass is 10.2.